The lowest BCUT2D eigenvalue weighted by atomic mass is 9.93. The maximum Gasteiger partial charge on any atom is 0.238 e. The number of fused-ring (bicyclic) bond motifs is 1. The number of hydrogen-bond donors (Lipinski definition) is 1. The maximum atomic E-state index is 12.3. The molecule has 1 aliphatic heterocycles. The van der Waals surface area contributed by atoms with E-state index in [0.29, 0.717) is 24.4 Å². The lowest BCUT2D eigenvalue weighted by Crippen LogP contribution is -2.52. The molecule has 22 heavy (non-hydrogen) atoms. The van der Waals surface area contributed by atoms with Crippen LogP contribution in [0.2, 0.25) is 0 Å². The minimum atomic E-state index is -3.83. The molecule has 0 radical (unpaired) electrons. The number of carbonyl (C=O) groups is 1. The van der Waals surface area contributed by atoms with Gasteiger partial charge in [-0.05, 0) is 31.0 Å². The van der Waals surface area contributed by atoms with Crippen LogP contribution >= 0.6 is 0 Å². The van der Waals surface area contributed by atoms with E-state index in [4.69, 9.17) is 9.88 Å². The van der Waals surface area contributed by atoms with Crippen LogP contribution in [-0.2, 0) is 14.8 Å². The topological polar surface area (TPSA) is 89.7 Å². The van der Waals surface area contributed by atoms with Crippen molar-refractivity contribution >= 4 is 21.6 Å². The number of anilines is 1. The number of nitrogens with zero attached hydrogens (tertiary/aromatic N) is 1. The van der Waals surface area contributed by atoms with Crippen LogP contribution in [0.5, 0.6) is 5.75 Å². The van der Waals surface area contributed by atoms with E-state index < -0.39 is 15.6 Å². The van der Waals surface area contributed by atoms with Crippen molar-refractivity contribution in [1.29, 1.82) is 0 Å². The molecule has 1 aromatic rings. The van der Waals surface area contributed by atoms with Gasteiger partial charge in [0.1, 0.15) is 11.4 Å². The number of carbonyl (C=O) groups excluding carboxylic acids is 1. The summed E-state index contributed by atoms with van der Waals surface area (Å²) in [5.74, 6) is 0.451. The van der Waals surface area contributed by atoms with Crippen molar-refractivity contribution in [3.63, 3.8) is 0 Å². The third kappa shape index (κ3) is 2.96. The van der Waals surface area contributed by atoms with Crippen molar-refractivity contribution in [2.75, 3.05) is 11.4 Å². The molecular formula is C15H22N2O4S. The van der Waals surface area contributed by atoms with E-state index in [9.17, 15) is 13.2 Å². The molecule has 0 unspecified atom stereocenters. The van der Waals surface area contributed by atoms with Gasteiger partial charge >= 0.3 is 0 Å². The van der Waals surface area contributed by atoms with Gasteiger partial charge in [0.05, 0.1) is 17.1 Å². The van der Waals surface area contributed by atoms with Crippen LogP contribution < -0.4 is 14.8 Å². The molecule has 1 heterocycles. The molecule has 1 aromatic carbocycles. The Kier molecular flexibility index (Phi) is 4.49. The Labute approximate surface area is 131 Å². The van der Waals surface area contributed by atoms with E-state index >= 15 is 0 Å². The smallest absolute Gasteiger partial charge is 0.238 e. The van der Waals surface area contributed by atoms with Crippen LogP contribution in [0.4, 0.5) is 5.69 Å². The van der Waals surface area contributed by atoms with Gasteiger partial charge in [-0.15, -0.1) is 0 Å². The highest BCUT2D eigenvalue weighted by Crippen LogP contribution is 2.41. The summed E-state index contributed by atoms with van der Waals surface area (Å²) < 4.78 is 29.2. The lowest BCUT2D eigenvalue weighted by molar-refractivity contribution is -0.119. The first-order valence-corrected chi connectivity index (χ1v) is 8.97. The zero-order chi connectivity index (χ0) is 16.5. The molecule has 0 saturated carbocycles. The molecule has 0 atom stereocenters. The molecule has 1 amide bonds. The Hall–Kier alpha value is -1.60. The molecule has 2 N–H and O–H groups in total. The van der Waals surface area contributed by atoms with Gasteiger partial charge in [-0.2, -0.15) is 0 Å². The number of amides is 1. The van der Waals surface area contributed by atoms with Crippen molar-refractivity contribution in [3.05, 3.63) is 18.2 Å². The van der Waals surface area contributed by atoms with Crippen molar-refractivity contribution < 1.29 is 17.9 Å². The predicted octanol–water partition coefficient (Wildman–Crippen LogP) is 2.03. The highest BCUT2D eigenvalue weighted by molar-refractivity contribution is 7.89. The standard InChI is InChI=1S/C15H22N2O4S/c1-4-14(18)17-10-15(5-2,6-3)21-13-8-7-11(9-12(13)17)22(16,19)20/h7-9H,4-6,10H2,1-3H3,(H2,16,19,20). The molecule has 2 rings (SSSR count). The van der Waals surface area contributed by atoms with E-state index in [2.05, 4.69) is 0 Å². The number of nitrogens with two attached hydrogens (primary N) is 1. The van der Waals surface area contributed by atoms with E-state index in [-0.39, 0.29) is 10.8 Å². The monoisotopic (exact) mass is 326 g/mol. The first-order chi connectivity index (χ1) is 10.3. The molecular weight excluding hydrogens is 304 g/mol. The summed E-state index contributed by atoms with van der Waals surface area (Å²) in [6.45, 7) is 6.22. The molecule has 7 heteroatoms. The Morgan fingerprint density at radius 1 is 1.32 bits per heavy atom. The van der Waals surface area contributed by atoms with E-state index in [1.165, 1.54) is 12.1 Å². The van der Waals surface area contributed by atoms with Crippen LogP contribution in [0, 0.1) is 0 Å². The summed E-state index contributed by atoms with van der Waals surface area (Å²) in [5.41, 5.74) is 0.0249. The van der Waals surface area contributed by atoms with Gasteiger partial charge in [0.25, 0.3) is 0 Å². The fraction of sp³-hybridized carbons (Fsp3) is 0.533. The molecule has 6 nitrogen and oxygen atoms in total. The predicted molar refractivity (Wildman–Crippen MR) is 84.4 cm³/mol. The summed E-state index contributed by atoms with van der Waals surface area (Å²) in [4.78, 5) is 13.9. The van der Waals surface area contributed by atoms with Gasteiger partial charge < -0.3 is 9.64 Å². The van der Waals surface area contributed by atoms with Gasteiger partial charge in [0.15, 0.2) is 0 Å². The number of benzene rings is 1. The second-order valence-electron chi connectivity index (χ2n) is 5.50. The number of hydrogen-bond acceptors (Lipinski definition) is 4. The minimum absolute atomic E-state index is 0.0238. The zero-order valence-electron chi connectivity index (χ0n) is 13.1. The number of rotatable bonds is 4. The summed E-state index contributed by atoms with van der Waals surface area (Å²) in [5, 5.41) is 5.18. The van der Waals surface area contributed by atoms with E-state index in [0.717, 1.165) is 12.8 Å². The van der Waals surface area contributed by atoms with Crippen molar-refractivity contribution in [2.24, 2.45) is 5.14 Å². The van der Waals surface area contributed by atoms with Crippen molar-refractivity contribution in [3.8, 4) is 5.75 Å². The molecule has 0 fully saturated rings. The van der Waals surface area contributed by atoms with Gasteiger partial charge in [-0.1, -0.05) is 20.8 Å². The number of sulfonamides is 1. The van der Waals surface area contributed by atoms with Gasteiger partial charge in [0.2, 0.25) is 15.9 Å². The SMILES string of the molecule is CCC(=O)N1CC(CC)(CC)Oc2ccc(S(N)(=O)=O)cc21. The van der Waals surface area contributed by atoms with Crippen LogP contribution in [-0.4, -0.2) is 26.5 Å². The van der Waals surface area contributed by atoms with Crippen LogP contribution in [0.3, 0.4) is 0 Å². The van der Waals surface area contributed by atoms with E-state index in [1.54, 1.807) is 17.9 Å². The average Bonchev–Trinajstić information content (AvgIpc) is 2.51. The lowest BCUT2D eigenvalue weighted by Gasteiger charge is -2.43. The molecule has 0 bridgehead atoms. The summed E-state index contributed by atoms with van der Waals surface area (Å²) >= 11 is 0. The Bertz CT molecular complexity index is 681. The molecule has 0 saturated heterocycles. The number of primary sulfonamides is 1. The largest absolute Gasteiger partial charge is 0.483 e. The van der Waals surface area contributed by atoms with Crippen LogP contribution in [0.15, 0.2) is 23.1 Å². The molecule has 122 valence electrons. The summed E-state index contributed by atoms with van der Waals surface area (Å²) in [6, 6.07) is 4.39. The zero-order valence-corrected chi connectivity index (χ0v) is 13.9. The summed E-state index contributed by atoms with van der Waals surface area (Å²) in [6.07, 6.45) is 1.85. The quantitative estimate of drug-likeness (QED) is 0.916. The molecule has 0 aliphatic carbocycles. The second-order valence-corrected chi connectivity index (χ2v) is 7.06. The number of ether oxygens (including phenoxy) is 1. The Morgan fingerprint density at radius 2 is 1.95 bits per heavy atom. The highest BCUT2D eigenvalue weighted by atomic mass is 32.2. The minimum Gasteiger partial charge on any atom is -0.483 e. The van der Waals surface area contributed by atoms with Gasteiger partial charge in [-0.3, -0.25) is 4.79 Å². The van der Waals surface area contributed by atoms with Gasteiger partial charge in [-0.25, -0.2) is 13.6 Å². The van der Waals surface area contributed by atoms with Gasteiger partial charge in [0, 0.05) is 6.42 Å². The first kappa shape index (κ1) is 16.8. The average molecular weight is 326 g/mol. The molecule has 1 aliphatic rings. The fourth-order valence-corrected chi connectivity index (χ4v) is 3.18. The third-order valence-corrected chi connectivity index (χ3v) is 5.13. The fourth-order valence-electron chi connectivity index (χ4n) is 2.64. The maximum absolute atomic E-state index is 12.3. The third-order valence-electron chi connectivity index (χ3n) is 4.21. The van der Waals surface area contributed by atoms with Crippen molar-refractivity contribution in [1.82, 2.24) is 0 Å². The highest BCUT2D eigenvalue weighted by Gasteiger charge is 2.39. The second kappa shape index (κ2) is 5.89. The van der Waals surface area contributed by atoms with Crippen LogP contribution in [0.1, 0.15) is 40.0 Å². The Morgan fingerprint density at radius 3 is 2.45 bits per heavy atom. The summed E-state index contributed by atoms with van der Waals surface area (Å²) in [7, 11) is -3.83. The Balaban J connectivity index is 2.58. The molecule has 0 spiro atoms. The normalized spacial score (nSPS) is 16.8. The first-order valence-electron chi connectivity index (χ1n) is 7.42. The van der Waals surface area contributed by atoms with E-state index in [1.807, 2.05) is 13.8 Å². The van der Waals surface area contributed by atoms with Crippen LogP contribution in [0.25, 0.3) is 0 Å². The molecule has 0 aromatic heterocycles. The van der Waals surface area contributed by atoms with Crippen molar-refractivity contribution in [2.45, 2.75) is 50.5 Å².